The van der Waals surface area contributed by atoms with Gasteiger partial charge >= 0.3 is 0 Å². The van der Waals surface area contributed by atoms with E-state index in [4.69, 9.17) is 10.5 Å². The van der Waals surface area contributed by atoms with Gasteiger partial charge in [-0.05, 0) is 25.8 Å². The molecule has 3 N–H and O–H groups in total. The summed E-state index contributed by atoms with van der Waals surface area (Å²) < 4.78 is 5.49. The average Bonchev–Trinajstić information content (AvgIpc) is 2.17. The summed E-state index contributed by atoms with van der Waals surface area (Å²) in [7, 11) is 0. The van der Waals surface area contributed by atoms with Gasteiger partial charge in [0.1, 0.15) is 5.75 Å². The fraction of sp³-hybridized carbons (Fsp3) is 0.500. The van der Waals surface area contributed by atoms with Crippen molar-refractivity contribution in [3.8, 4) is 5.75 Å². The van der Waals surface area contributed by atoms with Gasteiger partial charge in [0.25, 0.3) is 0 Å². The number of aliphatic hydroxyl groups is 1. The Labute approximate surface area is 89.9 Å². The molecule has 1 fully saturated rings. The van der Waals surface area contributed by atoms with E-state index in [2.05, 4.69) is 0 Å². The highest BCUT2D eigenvalue weighted by Crippen LogP contribution is 2.43. The second-order valence-electron chi connectivity index (χ2n) is 4.13. The zero-order chi connectivity index (χ0) is 10.9. The fourth-order valence-corrected chi connectivity index (χ4v) is 2.16. The zero-order valence-corrected chi connectivity index (χ0v) is 8.94. The van der Waals surface area contributed by atoms with Crippen LogP contribution in [0.2, 0.25) is 0 Å². The van der Waals surface area contributed by atoms with Gasteiger partial charge in [0.15, 0.2) is 0 Å². The second kappa shape index (κ2) is 3.83. The maximum Gasteiger partial charge on any atom is 0.125 e. The molecule has 1 aliphatic rings. The second-order valence-corrected chi connectivity index (χ2v) is 4.13. The van der Waals surface area contributed by atoms with Gasteiger partial charge in [0.2, 0.25) is 0 Å². The lowest BCUT2D eigenvalue weighted by atomic mass is 9.71. The van der Waals surface area contributed by atoms with E-state index >= 15 is 0 Å². The molecule has 2 rings (SSSR count). The van der Waals surface area contributed by atoms with E-state index in [1.165, 1.54) is 0 Å². The molecule has 0 spiro atoms. The minimum absolute atomic E-state index is 0.115. The van der Waals surface area contributed by atoms with Crippen LogP contribution in [0, 0.1) is 0 Å². The molecule has 0 saturated heterocycles. The van der Waals surface area contributed by atoms with Crippen LogP contribution >= 0.6 is 0 Å². The fourth-order valence-electron chi connectivity index (χ4n) is 2.16. The quantitative estimate of drug-likeness (QED) is 0.787. The Bertz CT molecular complexity index is 345. The Balaban J connectivity index is 2.27. The van der Waals surface area contributed by atoms with E-state index in [1.807, 2.05) is 31.2 Å². The molecule has 15 heavy (non-hydrogen) atoms. The third-order valence-electron chi connectivity index (χ3n) is 2.89. The number of hydrogen-bond acceptors (Lipinski definition) is 3. The van der Waals surface area contributed by atoms with E-state index in [9.17, 15) is 5.11 Å². The van der Waals surface area contributed by atoms with Crippen molar-refractivity contribution in [2.75, 3.05) is 6.61 Å². The van der Waals surface area contributed by atoms with Crippen LogP contribution in [0.5, 0.6) is 5.75 Å². The Hall–Kier alpha value is -1.06. The standard InChI is InChI=1S/C12H17NO2/c1-2-15-11-6-4-3-5-10(11)12(14)7-9(13)8-12/h3-6,9,14H,2,7-8,13H2,1H3. The van der Waals surface area contributed by atoms with Crippen molar-refractivity contribution in [3.63, 3.8) is 0 Å². The van der Waals surface area contributed by atoms with Crippen molar-refractivity contribution < 1.29 is 9.84 Å². The number of para-hydroxylation sites is 1. The van der Waals surface area contributed by atoms with Crippen LogP contribution in [0.25, 0.3) is 0 Å². The molecule has 1 aromatic carbocycles. The largest absolute Gasteiger partial charge is 0.493 e. The average molecular weight is 207 g/mol. The summed E-state index contributed by atoms with van der Waals surface area (Å²) in [6.45, 7) is 2.55. The molecule has 82 valence electrons. The molecule has 0 aliphatic heterocycles. The molecule has 0 amide bonds. The monoisotopic (exact) mass is 207 g/mol. The Kier molecular flexibility index (Phi) is 2.67. The normalized spacial score (nSPS) is 29.7. The summed E-state index contributed by atoms with van der Waals surface area (Å²) in [5.41, 5.74) is 5.81. The molecule has 0 aromatic heterocycles. The summed E-state index contributed by atoms with van der Waals surface area (Å²) in [6.07, 6.45) is 1.24. The molecule has 0 atom stereocenters. The van der Waals surface area contributed by atoms with Gasteiger partial charge in [-0.1, -0.05) is 18.2 Å². The number of ether oxygens (including phenoxy) is 1. The SMILES string of the molecule is CCOc1ccccc1C1(O)CC(N)C1. The summed E-state index contributed by atoms with van der Waals surface area (Å²) in [5.74, 6) is 0.773. The Morgan fingerprint density at radius 1 is 1.47 bits per heavy atom. The van der Waals surface area contributed by atoms with Crippen molar-refractivity contribution in [1.82, 2.24) is 0 Å². The van der Waals surface area contributed by atoms with Crippen molar-refractivity contribution in [3.05, 3.63) is 29.8 Å². The van der Waals surface area contributed by atoms with E-state index in [0.29, 0.717) is 19.4 Å². The molecule has 0 bridgehead atoms. The molecule has 0 heterocycles. The highest BCUT2D eigenvalue weighted by atomic mass is 16.5. The third-order valence-corrected chi connectivity index (χ3v) is 2.89. The van der Waals surface area contributed by atoms with Gasteiger partial charge in [-0.25, -0.2) is 0 Å². The van der Waals surface area contributed by atoms with Crippen LogP contribution < -0.4 is 10.5 Å². The third kappa shape index (κ3) is 1.85. The van der Waals surface area contributed by atoms with Crippen molar-refractivity contribution >= 4 is 0 Å². The van der Waals surface area contributed by atoms with Gasteiger partial charge in [-0.3, -0.25) is 0 Å². The summed E-state index contributed by atoms with van der Waals surface area (Å²) in [4.78, 5) is 0. The number of rotatable bonds is 3. The molecular formula is C12H17NO2. The number of nitrogens with two attached hydrogens (primary N) is 1. The molecule has 3 nitrogen and oxygen atoms in total. The summed E-state index contributed by atoms with van der Waals surface area (Å²) in [5, 5.41) is 10.3. The van der Waals surface area contributed by atoms with E-state index in [1.54, 1.807) is 0 Å². The van der Waals surface area contributed by atoms with E-state index < -0.39 is 5.60 Å². The summed E-state index contributed by atoms with van der Waals surface area (Å²) in [6, 6.07) is 7.75. The van der Waals surface area contributed by atoms with Gasteiger partial charge in [-0.15, -0.1) is 0 Å². The van der Waals surface area contributed by atoms with Crippen LogP contribution in [0.4, 0.5) is 0 Å². The maximum atomic E-state index is 10.3. The lowest BCUT2D eigenvalue weighted by Crippen LogP contribution is -2.49. The Morgan fingerprint density at radius 3 is 2.73 bits per heavy atom. The topological polar surface area (TPSA) is 55.5 Å². The summed E-state index contributed by atoms with van der Waals surface area (Å²) >= 11 is 0. The molecule has 0 unspecified atom stereocenters. The van der Waals surface area contributed by atoms with Crippen molar-refractivity contribution in [2.24, 2.45) is 5.73 Å². The minimum Gasteiger partial charge on any atom is -0.493 e. The molecular weight excluding hydrogens is 190 g/mol. The first-order chi connectivity index (χ1) is 7.15. The molecule has 1 aliphatic carbocycles. The van der Waals surface area contributed by atoms with Gasteiger partial charge in [0, 0.05) is 11.6 Å². The predicted molar refractivity (Wildman–Crippen MR) is 58.7 cm³/mol. The number of benzene rings is 1. The lowest BCUT2D eigenvalue weighted by molar-refractivity contribution is -0.0540. The van der Waals surface area contributed by atoms with Crippen LogP contribution in [0.1, 0.15) is 25.3 Å². The predicted octanol–water partition coefficient (Wildman–Crippen LogP) is 1.39. The van der Waals surface area contributed by atoms with Crippen LogP contribution in [0.3, 0.4) is 0 Å². The zero-order valence-electron chi connectivity index (χ0n) is 8.94. The maximum absolute atomic E-state index is 10.3. The first kappa shape index (κ1) is 10.5. The van der Waals surface area contributed by atoms with Gasteiger partial charge in [-0.2, -0.15) is 0 Å². The highest BCUT2D eigenvalue weighted by molar-refractivity contribution is 5.39. The smallest absolute Gasteiger partial charge is 0.125 e. The van der Waals surface area contributed by atoms with Crippen molar-refractivity contribution in [1.29, 1.82) is 0 Å². The minimum atomic E-state index is -0.773. The molecule has 1 aromatic rings. The van der Waals surface area contributed by atoms with Crippen molar-refractivity contribution in [2.45, 2.75) is 31.4 Å². The molecule has 3 heteroatoms. The highest BCUT2D eigenvalue weighted by Gasteiger charge is 2.43. The van der Waals surface area contributed by atoms with Crippen LogP contribution in [-0.4, -0.2) is 17.8 Å². The molecule has 0 radical (unpaired) electrons. The lowest BCUT2D eigenvalue weighted by Gasteiger charge is -2.42. The van der Waals surface area contributed by atoms with E-state index in [-0.39, 0.29) is 6.04 Å². The van der Waals surface area contributed by atoms with Gasteiger partial charge in [0.05, 0.1) is 12.2 Å². The first-order valence-corrected chi connectivity index (χ1v) is 5.36. The first-order valence-electron chi connectivity index (χ1n) is 5.36. The van der Waals surface area contributed by atoms with Crippen LogP contribution in [0.15, 0.2) is 24.3 Å². The van der Waals surface area contributed by atoms with E-state index in [0.717, 1.165) is 11.3 Å². The Morgan fingerprint density at radius 2 is 2.13 bits per heavy atom. The number of hydrogen-bond donors (Lipinski definition) is 2. The molecule has 1 saturated carbocycles. The van der Waals surface area contributed by atoms with Gasteiger partial charge < -0.3 is 15.6 Å². The van der Waals surface area contributed by atoms with Crippen LogP contribution in [-0.2, 0) is 5.60 Å².